The van der Waals surface area contributed by atoms with Crippen molar-refractivity contribution in [2.75, 3.05) is 13.2 Å². The van der Waals surface area contributed by atoms with E-state index in [1.165, 1.54) is 5.56 Å². The summed E-state index contributed by atoms with van der Waals surface area (Å²) in [5.41, 5.74) is 2.00. The quantitative estimate of drug-likeness (QED) is 0.766. The molecule has 0 spiro atoms. The number of aliphatic hydroxyl groups excluding tert-OH is 1. The van der Waals surface area contributed by atoms with Gasteiger partial charge in [-0.2, -0.15) is 4.98 Å². The molecular formula is C19H27N3O3. The number of nitrogens with one attached hydrogen (secondary N) is 1. The molecule has 2 aromatic rings. The molecule has 6 nitrogen and oxygen atoms in total. The second kappa shape index (κ2) is 7.64. The minimum absolute atomic E-state index is 0.0406. The Morgan fingerprint density at radius 2 is 2.12 bits per heavy atom. The van der Waals surface area contributed by atoms with Crippen LogP contribution < -0.4 is 5.32 Å². The fraction of sp³-hybridized carbons (Fsp3) is 0.579. The molecule has 2 atom stereocenters. The molecule has 0 saturated carbocycles. The molecule has 1 heterocycles. The molecule has 25 heavy (non-hydrogen) atoms. The summed E-state index contributed by atoms with van der Waals surface area (Å²) in [5, 5.41) is 17.5. The van der Waals surface area contributed by atoms with E-state index >= 15 is 0 Å². The lowest BCUT2D eigenvalue weighted by Gasteiger charge is -2.29. The lowest BCUT2D eigenvalue weighted by molar-refractivity contribution is 0.0402. The van der Waals surface area contributed by atoms with Crippen LogP contribution in [0, 0.1) is 5.92 Å². The van der Waals surface area contributed by atoms with Gasteiger partial charge in [0.2, 0.25) is 5.89 Å². The molecule has 0 saturated heterocycles. The number of rotatable bonds is 8. The van der Waals surface area contributed by atoms with Crippen LogP contribution in [0.3, 0.4) is 0 Å². The molecule has 0 fully saturated rings. The molecule has 3 rings (SSSR count). The van der Waals surface area contributed by atoms with E-state index in [1.807, 2.05) is 19.1 Å². The number of aryl methyl sites for hydroxylation is 1. The summed E-state index contributed by atoms with van der Waals surface area (Å²) in [6, 6.07) is 8.24. The van der Waals surface area contributed by atoms with Gasteiger partial charge in [0.1, 0.15) is 6.10 Å². The summed E-state index contributed by atoms with van der Waals surface area (Å²) in [6.07, 6.45) is 1.62. The molecule has 1 aromatic heterocycles. The Morgan fingerprint density at radius 3 is 2.88 bits per heavy atom. The lowest BCUT2D eigenvalue weighted by atomic mass is 9.92. The van der Waals surface area contributed by atoms with Crippen LogP contribution in [0.15, 0.2) is 28.8 Å². The van der Waals surface area contributed by atoms with Crippen LogP contribution in [0.25, 0.3) is 0 Å². The Hall–Kier alpha value is -1.76. The highest BCUT2D eigenvalue weighted by atomic mass is 16.5. The number of aliphatic hydroxyl groups is 1. The molecule has 2 N–H and O–H groups in total. The highest BCUT2D eigenvalue weighted by Gasteiger charge is 2.37. The fourth-order valence-corrected chi connectivity index (χ4v) is 3.25. The van der Waals surface area contributed by atoms with Gasteiger partial charge in [-0.05, 0) is 36.8 Å². The first kappa shape index (κ1) is 18.0. The molecule has 6 heteroatoms. The molecule has 0 bridgehead atoms. The van der Waals surface area contributed by atoms with Gasteiger partial charge >= 0.3 is 0 Å². The summed E-state index contributed by atoms with van der Waals surface area (Å²) in [7, 11) is 0. The van der Waals surface area contributed by atoms with Crippen molar-refractivity contribution in [3.8, 4) is 0 Å². The largest absolute Gasteiger partial charge is 0.394 e. The van der Waals surface area contributed by atoms with Gasteiger partial charge in [-0.25, -0.2) is 0 Å². The van der Waals surface area contributed by atoms with Crippen molar-refractivity contribution < 1.29 is 14.4 Å². The van der Waals surface area contributed by atoms with E-state index in [4.69, 9.17) is 9.26 Å². The number of aromatic nitrogens is 2. The van der Waals surface area contributed by atoms with Gasteiger partial charge in [-0.1, -0.05) is 43.3 Å². The standard InChI is InChI=1S/C19H27N3O3/c1-13(2)11-24-14(3)18-21-17(25-22-18)10-20-19(12-23)9-8-15-6-4-5-7-16(15)19/h4-7,13-14,20,23H,8-12H2,1-3H3. The predicted molar refractivity (Wildman–Crippen MR) is 93.9 cm³/mol. The first-order valence-corrected chi connectivity index (χ1v) is 8.92. The van der Waals surface area contributed by atoms with E-state index in [9.17, 15) is 5.11 Å². The van der Waals surface area contributed by atoms with E-state index < -0.39 is 5.54 Å². The predicted octanol–water partition coefficient (Wildman–Crippen LogP) is 2.73. The number of benzene rings is 1. The third-order valence-corrected chi connectivity index (χ3v) is 4.73. The first-order valence-electron chi connectivity index (χ1n) is 8.92. The lowest BCUT2D eigenvalue weighted by Crippen LogP contribution is -2.43. The fourth-order valence-electron chi connectivity index (χ4n) is 3.25. The van der Waals surface area contributed by atoms with Gasteiger partial charge in [-0.3, -0.25) is 5.32 Å². The van der Waals surface area contributed by atoms with Gasteiger partial charge in [-0.15, -0.1) is 0 Å². The van der Waals surface area contributed by atoms with Crippen LogP contribution in [0.2, 0.25) is 0 Å². The monoisotopic (exact) mass is 345 g/mol. The molecule has 1 aliphatic carbocycles. The maximum atomic E-state index is 10.0. The van der Waals surface area contributed by atoms with Crippen LogP contribution in [0.1, 0.15) is 56.1 Å². The smallest absolute Gasteiger partial charge is 0.240 e. The van der Waals surface area contributed by atoms with Crippen molar-refractivity contribution >= 4 is 0 Å². The van der Waals surface area contributed by atoms with Crippen molar-refractivity contribution in [2.45, 2.75) is 51.8 Å². The number of fused-ring (bicyclic) bond motifs is 1. The molecule has 0 amide bonds. The Labute approximate surface area is 148 Å². The molecular weight excluding hydrogens is 318 g/mol. The molecule has 136 valence electrons. The number of hydrogen-bond donors (Lipinski definition) is 2. The molecule has 1 aromatic carbocycles. The van der Waals surface area contributed by atoms with Crippen molar-refractivity contribution in [3.05, 3.63) is 47.1 Å². The Kier molecular flexibility index (Phi) is 5.51. The van der Waals surface area contributed by atoms with Gasteiger partial charge in [0.25, 0.3) is 0 Å². The molecule has 2 unspecified atom stereocenters. The maximum absolute atomic E-state index is 10.0. The molecule has 0 aliphatic heterocycles. The summed E-state index contributed by atoms with van der Waals surface area (Å²) in [6.45, 7) is 7.25. The second-order valence-electron chi connectivity index (χ2n) is 7.17. The minimum atomic E-state index is -0.439. The average molecular weight is 345 g/mol. The third-order valence-electron chi connectivity index (χ3n) is 4.73. The van der Waals surface area contributed by atoms with Crippen LogP contribution >= 0.6 is 0 Å². The van der Waals surface area contributed by atoms with Crippen LogP contribution in [-0.4, -0.2) is 28.5 Å². The van der Waals surface area contributed by atoms with Gasteiger partial charge < -0.3 is 14.4 Å². The van der Waals surface area contributed by atoms with Crippen molar-refractivity contribution in [3.63, 3.8) is 0 Å². The van der Waals surface area contributed by atoms with Crippen molar-refractivity contribution in [1.29, 1.82) is 0 Å². The topological polar surface area (TPSA) is 80.4 Å². The Bertz CT molecular complexity index is 701. The van der Waals surface area contributed by atoms with Crippen LogP contribution in [-0.2, 0) is 23.2 Å². The van der Waals surface area contributed by atoms with Crippen LogP contribution in [0.4, 0.5) is 0 Å². The van der Waals surface area contributed by atoms with E-state index in [0.717, 1.165) is 18.4 Å². The minimum Gasteiger partial charge on any atom is -0.394 e. The number of ether oxygens (including phenoxy) is 1. The Balaban J connectivity index is 1.64. The third kappa shape index (κ3) is 3.92. The first-order chi connectivity index (χ1) is 12.0. The average Bonchev–Trinajstić information content (AvgIpc) is 3.23. The second-order valence-corrected chi connectivity index (χ2v) is 7.17. The Morgan fingerprint density at radius 1 is 1.32 bits per heavy atom. The zero-order valence-electron chi connectivity index (χ0n) is 15.2. The highest BCUT2D eigenvalue weighted by molar-refractivity contribution is 5.38. The zero-order valence-corrected chi connectivity index (χ0v) is 15.2. The summed E-state index contributed by atoms with van der Waals surface area (Å²) >= 11 is 0. The summed E-state index contributed by atoms with van der Waals surface area (Å²) in [5.74, 6) is 1.52. The van der Waals surface area contributed by atoms with E-state index in [-0.39, 0.29) is 12.7 Å². The number of nitrogens with zero attached hydrogens (tertiary/aromatic N) is 2. The SMILES string of the molecule is CC(C)COC(C)c1noc(CNC2(CO)CCc3ccccc32)n1. The zero-order chi connectivity index (χ0) is 17.9. The van der Waals surface area contributed by atoms with E-state index in [2.05, 4.69) is 41.4 Å². The molecule has 0 radical (unpaired) electrons. The van der Waals surface area contributed by atoms with Gasteiger partial charge in [0, 0.05) is 6.61 Å². The van der Waals surface area contributed by atoms with Gasteiger partial charge in [0.15, 0.2) is 5.82 Å². The van der Waals surface area contributed by atoms with Crippen LogP contribution in [0.5, 0.6) is 0 Å². The maximum Gasteiger partial charge on any atom is 0.240 e. The summed E-state index contributed by atoms with van der Waals surface area (Å²) < 4.78 is 11.1. The number of hydrogen-bond acceptors (Lipinski definition) is 6. The van der Waals surface area contributed by atoms with E-state index in [0.29, 0.717) is 30.8 Å². The highest BCUT2D eigenvalue weighted by Crippen LogP contribution is 2.36. The summed E-state index contributed by atoms with van der Waals surface area (Å²) in [4.78, 5) is 4.42. The van der Waals surface area contributed by atoms with Crippen molar-refractivity contribution in [2.24, 2.45) is 5.92 Å². The van der Waals surface area contributed by atoms with Gasteiger partial charge in [0.05, 0.1) is 18.7 Å². The van der Waals surface area contributed by atoms with E-state index in [1.54, 1.807) is 0 Å². The normalized spacial score (nSPS) is 20.8. The van der Waals surface area contributed by atoms with Crippen molar-refractivity contribution in [1.82, 2.24) is 15.5 Å². The molecule has 1 aliphatic rings.